The molecule has 102 valence electrons. The molecule has 1 aliphatic heterocycles. The Bertz CT molecular complexity index is 197. The highest BCUT2D eigenvalue weighted by Crippen LogP contribution is 2.22. The number of nitrogens with one attached hydrogen (secondary N) is 1. The van der Waals surface area contributed by atoms with Crippen LogP contribution < -0.4 is 5.32 Å². The molecule has 1 fully saturated rings. The zero-order valence-corrected chi connectivity index (χ0v) is 12.6. The van der Waals surface area contributed by atoms with Gasteiger partial charge in [0, 0.05) is 18.6 Å². The van der Waals surface area contributed by atoms with E-state index in [0.29, 0.717) is 0 Å². The van der Waals surface area contributed by atoms with Gasteiger partial charge < -0.3 is 10.2 Å². The summed E-state index contributed by atoms with van der Waals surface area (Å²) in [6, 6.07) is 0. The van der Waals surface area contributed by atoms with E-state index >= 15 is 0 Å². The molecule has 0 radical (unpaired) electrons. The Morgan fingerprint density at radius 1 is 1.00 bits per heavy atom. The van der Waals surface area contributed by atoms with Crippen molar-refractivity contribution >= 4 is 0 Å². The van der Waals surface area contributed by atoms with Crippen molar-refractivity contribution in [2.24, 2.45) is 11.8 Å². The Balaban J connectivity index is 1.95. The summed E-state index contributed by atoms with van der Waals surface area (Å²) >= 11 is 0. The number of hydrogen-bond donors (Lipinski definition) is 1. The van der Waals surface area contributed by atoms with Crippen molar-refractivity contribution in [2.75, 3.05) is 26.2 Å². The van der Waals surface area contributed by atoms with Crippen LogP contribution in [-0.2, 0) is 0 Å². The van der Waals surface area contributed by atoms with Gasteiger partial charge in [0.25, 0.3) is 0 Å². The van der Waals surface area contributed by atoms with Gasteiger partial charge in [-0.3, -0.25) is 0 Å². The summed E-state index contributed by atoms with van der Waals surface area (Å²) < 4.78 is 0. The normalized spacial score (nSPS) is 26.6. The Kier molecular flexibility index (Phi) is 5.94. The Morgan fingerprint density at radius 2 is 1.59 bits per heavy atom. The van der Waals surface area contributed by atoms with Gasteiger partial charge in [-0.1, -0.05) is 20.3 Å². The third-order valence-corrected chi connectivity index (χ3v) is 3.87. The average molecular weight is 240 g/mol. The first kappa shape index (κ1) is 15.0. The monoisotopic (exact) mass is 240 g/mol. The molecule has 0 amide bonds. The summed E-state index contributed by atoms with van der Waals surface area (Å²) in [6.45, 7) is 16.6. The summed E-state index contributed by atoms with van der Waals surface area (Å²) in [4.78, 5) is 2.65. The fraction of sp³-hybridized carbons (Fsp3) is 1.00. The second-order valence-electron chi connectivity index (χ2n) is 6.95. The lowest BCUT2D eigenvalue weighted by Gasteiger charge is -2.20. The van der Waals surface area contributed by atoms with Gasteiger partial charge in [-0.05, 0) is 58.5 Å². The molecule has 0 aromatic rings. The lowest BCUT2D eigenvalue weighted by molar-refractivity contribution is 0.312. The van der Waals surface area contributed by atoms with Gasteiger partial charge >= 0.3 is 0 Å². The molecule has 1 N–H and O–H groups in total. The number of rotatable bonds is 6. The molecule has 17 heavy (non-hydrogen) atoms. The molecule has 1 heterocycles. The van der Waals surface area contributed by atoms with Crippen LogP contribution in [0.5, 0.6) is 0 Å². The van der Waals surface area contributed by atoms with Gasteiger partial charge in [-0.2, -0.15) is 0 Å². The Labute approximate surface area is 108 Å². The fourth-order valence-electron chi connectivity index (χ4n) is 2.53. The van der Waals surface area contributed by atoms with E-state index in [4.69, 9.17) is 0 Å². The molecule has 1 rings (SSSR count). The van der Waals surface area contributed by atoms with Gasteiger partial charge in [0.15, 0.2) is 0 Å². The third kappa shape index (κ3) is 6.42. The quantitative estimate of drug-likeness (QED) is 0.718. The standard InChI is InChI=1S/C15H32N2/c1-13-11-17(12-14(13)2)10-8-6-7-9-16-15(3,4)5/h13-14,16H,6-12H2,1-5H3. The van der Waals surface area contributed by atoms with Crippen LogP contribution >= 0.6 is 0 Å². The second-order valence-corrected chi connectivity index (χ2v) is 6.95. The highest BCUT2D eigenvalue weighted by molar-refractivity contribution is 4.78. The van der Waals surface area contributed by atoms with Crippen molar-refractivity contribution in [2.45, 2.75) is 59.4 Å². The molecule has 1 aliphatic rings. The maximum atomic E-state index is 3.55. The highest BCUT2D eigenvalue weighted by Gasteiger charge is 2.24. The molecule has 2 nitrogen and oxygen atoms in total. The second kappa shape index (κ2) is 6.75. The van der Waals surface area contributed by atoms with E-state index in [1.54, 1.807) is 0 Å². The van der Waals surface area contributed by atoms with Crippen molar-refractivity contribution in [3.05, 3.63) is 0 Å². The first-order valence-corrected chi connectivity index (χ1v) is 7.36. The van der Waals surface area contributed by atoms with Gasteiger partial charge in [0.2, 0.25) is 0 Å². The summed E-state index contributed by atoms with van der Waals surface area (Å²) in [5, 5.41) is 3.55. The number of nitrogens with zero attached hydrogens (tertiary/aromatic N) is 1. The van der Waals surface area contributed by atoms with E-state index in [9.17, 15) is 0 Å². The van der Waals surface area contributed by atoms with Crippen LogP contribution in [-0.4, -0.2) is 36.6 Å². The molecular weight excluding hydrogens is 208 g/mol. The first-order chi connectivity index (χ1) is 7.88. The maximum absolute atomic E-state index is 3.55. The van der Waals surface area contributed by atoms with Crippen molar-refractivity contribution in [1.82, 2.24) is 10.2 Å². The molecule has 0 spiro atoms. The summed E-state index contributed by atoms with van der Waals surface area (Å²) in [7, 11) is 0. The summed E-state index contributed by atoms with van der Waals surface area (Å²) in [5.74, 6) is 1.80. The van der Waals surface area contributed by atoms with E-state index in [0.717, 1.165) is 18.4 Å². The van der Waals surface area contributed by atoms with Crippen LogP contribution in [0, 0.1) is 11.8 Å². The lowest BCUT2D eigenvalue weighted by atomic mass is 10.0. The number of unbranched alkanes of at least 4 members (excludes halogenated alkanes) is 2. The van der Waals surface area contributed by atoms with Gasteiger partial charge in [-0.25, -0.2) is 0 Å². The largest absolute Gasteiger partial charge is 0.312 e. The number of likely N-dealkylation sites (tertiary alicyclic amines) is 1. The van der Waals surface area contributed by atoms with Crippen LogP contribution in [0.1, 0.15) is 53.9 Å². The average Bonchev–Trinajstić information content (AvgIpc) is 2.50. The molecule has 0 saturated carbocycles. The number of hydrogen-bond acceptors (Lipinski definition) is 2. The zero-order valence-electron chi connectivity index (χ0n) is 12.6. The molecule has 2 heteroatoms. The summed E-state index contributed by atoms with van der Waals surface area (Å²) in [6.07, 6.45) is 4.05. The molecule has 2 atom stereocenters. The van der Waals surface area contributed by atoms with Crippen molar-refractivity contribution < 1.29 is 0 Å². The van der Waals surface area contributed by atoms with Gasteiger partial charge in [0.1, 0.15) is 0 Å². The van der Waals surface area contributed by atoms with Crippen LogP contribution in [0.15, 0.2) is 0 Å². The van der Waals surface area contributed by atoms with E-state index < -0.39 is 0 Å². The van der Waals surface area contributed by atoms with E-state index in [-0.39, 0.29) is 5.54 Å². The Morgan fingerprint density at radius 3 is 2.12 bits per heavy atom. The predicted octanol–water partition coefficient (Wildman–Crippen LogP) is 3.13. The van der Waals surface area contributed by atoms with Crippen LogP contribution in [0.3, 0.4) is 0 Å². The Hall–Kier alpha value is -0.0800. The predicted molar refractivity (Wildman–Crippen MR) is 76.4 cm³/mol. The van der Waals surface area contributed by atoms with Gasteiger partial charge in [0.05, 0.1) is 0 Å². The topological polar surface area (TPSA) is 15.3 Å². The lowest BCUT2D eigenvalue weighted by Crippen LogP contribution is -2.36. The smallest absolute Gasteiger partial charge is 0.00965 e. The summed E-state index contributed by atoms with van der Waals surface area (Å²) in [5.41, 5.74) is 0.278. The molecule has 1 saturated heterocycles. The molecule has 0 aliphatic carbocycles. The molecule has 0 aromatic carbocycles. The minimum Gasteiger partial charge on any atom is -0.312 e. The SMILES string of the molecule is CC1CN(CCCCCNC(C)(C)C)CC1C. The van der Waals surface area contributed by atoms with Crippen molar-refractivity contribution in [1.29, 1.82) is 0 Å². The van der Waals surface area contributed by atoms with Crippen LogP contribution in [0.25, 0.3) is 0 Å². The first-order valence-electron chi connectivity index (χ1n) is 7.36. The molecule has 0 bridgehead atoms. The van der Waals surface area contributed by atoms with Crippen LogP contribution in [0.2, 0.25) is 0 Å². The fourth-order valence-corrected chi connectivity index (χ4v) is 2.53. The van der Waals surface area contributed by atoms with Gasteiger partial charge in [-0.15, -0.1) is 0 Å². The van der Waals surface area contributed by atoms with E-state index in [1.165, 1.54) is 38.9 Å². The molecular formula is C15H32N2. The minimum atomic E-state index is 0.278. The van der Waals surface area contributed by atoms with Crippen molar-refractivity contribution in [3.63, 3.8) is 0 Å². The molecule has 2 unspecified atom stereocenters. The maximum Gasteiger partial charge on any atom is 0.00965 e. The zero-order chi connectivity index (χ0) is 12.9. The van der Waals surface area contributed by atoms with Crippen molar-refractivity contribution in [3.8, 4) is 0 Å². The molecule has 0 aromatic heterocycles. The minimum absolute atomic E-state index is 0.278. The van der Waals surface area contributed by atoms with E-state index in [2.05, 4.69) is 44.8 Å². The third-order valence-electron chi connectivity index (χ3n) is 3.87. The van der Waals surface area contributed by atoms with E-state index in [1.807, 2.05) is 0 Å². The van der Waals surface area contributed by atoms with Crippen LogP contribution in [0.4, 0.5) is 0 Å². The highest BCUT2D eigenvalue weighted by atomic mass is 15.1.